The molecule has 2 aromatic rings. The van der Waals surface area contributed by atoms with Crippen LogP contribution in [-0.2, 0) is 24.4 Å². The van der Waals surface area contributed by atoms with E-state index in [1.807, 2.05) is 6.07 Å². The third kappa shape index (κ3) is 3.82. The van der Waals surface area contributed by atoms with Gasteiger partial charge in [0.15, 0.2) is 0 Å². The number of aromatic nitrogens is 2. The molecular weight excluding hydrogens is 314 g/mol. The first-order valence-corrected chi connectivity index (χ1v) is 9.72. The zero-order valence-corrected chi connectivity index (χ0v) is 14.8. The molecular formula is C20H27N3O2. The molecule has 2 fully saturated rings. The number of rotatable bonds is 8. The summed E-state index contributed by atoms with van der Waals surface area (Å²) in [6.07, 6.45) is 9.45. The second-order valence-electron chi connectivity index (χ2n) is 8.13. The van der Waals surface area contributed by atoms with Crippen LogP contribution in [0, 0.1) is 11.8 Å². The summed E-state index contributed by atoms with van der Waals surface area (Å²) in [6, 6.07) is 4.03. The molecule has 0 aromatic carbocycles. The van der Waals surface area contributed by atoms with Gasteiger partial charge in [0.25, 0.3) is 0 Å². The molecule has 5 heteroatoms. The highest BCUT2D eigenvalue weighted by atomic mass is 16.5. The summed E-state index contributed by atoms with van der Waals surface area (Å²) in [6.45, 7) is 5.62. The third-order valence-corrected chi connectivity index (χ3v) is 5.60. The molecule has 3 aliphatic rings. The van der Waals surface area contributed by atoms with Crippen molar-refractivity contribution in [1.29, 1.82) is 0 Å². The molecule has 0 N–H and O–H groups in total. The highest BCUT2D eigenvalue weighted by molar-refractivity contribution is 5.25. The van der Waals surface area contributed by atoms with Gasteiger partial charge in [-0.3, -0.25) is 9.58 Å². The van der Waals surface area contributed by atoms with E-state index in [-0.39, 0.29) is 0 Å². The minimum absolute atomic E-state index is 0.373. The van der Waals surface area contributed by atoms with Gasteiger partial charge in [-0.1, -0.05) is 0 Å². The van der Waals surface area contributed by atoms with Crippen molar-refractivity contribution in [2.45, 2.75) is 51.2 Å². The van der Waals surface area contributed by atoms with Gasteiger partial charge in [0.05, 0.1) is 25.1 Å². The zero-order chi connectivity index (χ0) is 16.6. The summed E-state index contributed by atoms with van der Waals surface area (Å²) < 4.78 is 13.8. The highest BCUT2D eigenvalue weighted by Crippen LogP contribution is 2.34. The van der Waals surface area contributed by atoms with Crippen LogP contribution in [0.4, 0.5) is 0 Å². The van der Waals surface area contributed by atoms with Gasteiger partial charge in [0, 0.05) is 43.9 Å². The first-order valence-electron chi connectivity index (χ1n) is 9.72. The largest absolute Gasteiger partial charge is 0.468 e. The summed E-state index contributed by atoms with van der Waals surface area (Å²) >= 11 is 0. The van der Waals surface area contributed by atoms with Gasteiger partial charge in [0.1, 0.15) is 5.76 Å². The van der Waals surface area contributed by atoms with Crippen LogP contribution in [0.3, 0.4) is 0 Å². The van der Waals surface area contributed by atoms with Crippen molar-refractivity contribution in [2.75, 3.05) is 19.8 Å². The fourth-order valence-electron chi connectivity index (χ4n) is 3.84. The van der Waals surface area contributed by atoms with Crippen molar-refractivity contribution in [1.82, 2.24) is 14.7 Å². The van der Waals surface area contributed by atoms with Crippen molar-refractivity contribution in [3.8, 4) is 0 Å². The number of ether oxygens (including phenoxy) is 1. The molecule has 5 nitrogen and oxygen atoms in total. The van der Waals surface area contributed by atoms with E-state index >= 15 is 0 Å². The number of fused-ring (bicyclic) bond motifs is 1. The highest BCUT2D eigenvalue weighted by Gasteiger charge is 2.31. The number of nitrogens with zero attached hydrogens (tertiary/aromatic N) is 3. The van der Waals surface area contributed by atoms with E-state index in [1.165, 1.54) is 36.9 Å². The van der Waals surface area contributed by atoms with E-state index < -0.39 is 0 Å². The molecule has 0 spiro atoms. The average Bonchev–Trinajstić information content (AvgIpc) is 3.49. The Labute approximate surface area is 148 Å². The number of furan rings is 1. The van der Waals surface area contributed by atoms with Crippen molar-refractivity contribution < 1.29 is 9.15 Å². The van der Waals surface area contributed by atoms with E-state index in [0.717, 1.165) is 57.0 Å². The molecule has 25 heavy (non-hydrogen) atoms. The van der Waals surface area contributed by atoms with Crippen LogP contribution < -0.4 is 0 Å². The Kier molecular flexibility index (Phi) is 4.14. The standard InChI is InChI=1S/C20H27N3O2/c1-2-19(25-7-1)12-22-9-17-11-23(8-15-3-4-15)21-20(17)18(10-22)14-24-13-16-5-6-16/h1-2,7,11,15-16,18H,3-6,8-10,12-14H2/t18-/m0/s1. The summed E-state index contributed by atoms with van der Waals surface area (Å²) in [7, 11) is 0. The van der Waals surface area contributed by atoms with Crippen LogP contribution >= 0.6 is 0 Å². The Morgan fingerprint density at radius 2 is 2.04 bits per heavy atom. The first-order chi connectivity index (χ1) is 12.3. The molecule has 0 saturated heterocycles. The van der Waals surface area contributed by atoms with Crippen LogP contribution in [0.5, 0.6) is 0 Å². The monoisotopic (exact) mass is 341 g/mol. The Morgan fingerprint density at radius 3 is 2.80 bits per heavy atom. The predicted molar refractivity (Wildman–Crippen MR) is 94.1 cm³/mol. The van der Waals surface area contributed by atoms with Crippen LogP contribution in [-0.4, -0.2) is 34.4 Å². The lowest BCUT2D eigenvalue weighted by Gasteiger charge is -2.31. The fourth-order valence-corrected chi connectivity index (χ4v) is 3.84. The van der Waals surface area contributed by atoms with Gasteiger partial charge >= 0.3 is 0 Å². The van der Waals surface area contributed by atoms with Crippen LogP contribution in [0.2, 0.25) is 0 Å². The smallest absolute Gasteiger partial charge is 0.117 e. The van der Waals surface area contributed by atoms with Crippen LogP contribution in [0.25, 0.3) is 0 Å². The van der Waals surface area contributed by atoms with Gasteiger partial charge in [0.2, 0.25) is 0 Å². The zero-order valence-electron chi connectivity index (χ0n) is 14.8. The van der Waals surface area contributed by atoms with Gasteiger partial charge in [-0.2, -0.15) is 5.10 Å². The van der Waals surface area contributed by atoms with Crippen molar-refractivity contribution in [3.05, 3.63) is 41.6 Å². The molecule has 3 heterocycles. The lowest BCUT2D eigenvalue weighted by molar-refractivity contribution is 0.0864. The Bertz CT molecular complexity index is 701. The Hall–Kier alpha value is -1.59. The van der Waals surface area contributed by atoms with Gasteiger partial charge in [-0.05, 0) is 49.7 Å². The molecule has 1 aliphatic heterocycles. The quantitative estimate of drug-likeness (QED) is 0.738. The molecule has 0 bridgehead atoms. The maximum atomic E-state index is 6.04. The Morgan fingerprint density at radius 1 is 1.16 bits per heavy atom. The second-order valence-corrected chi connectivity index (χ2v) is 8.13. The lowest BCUT2D eigenvalue weighted by atomic mass is 9.97. The maximum Gasteiger partial charge on any atom is 0.117 e. The van der Waals surface area contributed by atoms with E-state index in [2.05, 4.69) is 21.8 Å². The molecule has 2 aliphatic carbocycles. The Balaban J connectivity index is 1.30. The van der Waals surface area contributed by atoms with E-state index in [0.29, 0.717) is 5.92 Å². The summed E-state index contributed by atoms with van der Waals surface area (Å²) in [5, 5.41) is 4.94. The second kappa shape index (κ2) is 6.61. The van der Waals surface area contributed by atoms with Gasteiger partial charge in [-0.15, -0.1) is 0 Å². The van der Waals surface area contributed by atoms with Gasteiger partial charge in [-0.25, -0.2) is 0 Å². The molecule has 0 unspecified atom stereocenters. The fraction of sp³-hybridized carbons (Fsp3) is 0.650. The summed E-state index contributed by atoms with van der Waals surface area (Å²) in [4.78, 5) is 2.47. The van der Waals surface area contributed by atoms with Crippen molar-refractivity contribution in [3.63, 3.8) is 0 Å². The SMILES string of the molecule is c1coc(CN2Cc3cn(CC4CC4)nc3[C@H](COCC3CC3)C2)c1. The topological polar surface area (TPSA) is 43.4 Å². The molecule has 1 atom stereocenters. The van der Waals surface area contributed by atoms with Crippen molar-refractivity contribution >= 4 is 0 Å². The number of hydrogen-bond donors (Lipinski definition) is 0. The molecule has 0 radical (unpaired) electrons. The molecule has 2 saturated carbocycles. The normalized spacial score (nSPS) is 23.8. The van der Waals surface area contributed by atoms with E-state index in [9.17, 15) is 0 Å². The molecule has 0 amide bonds. The first kappa shape index (κ1) is 15.6. The average molecular weight is 341 g/mol. The summed E-state index contributed by atoms with van der Waals surface area (Å²) in [5.41, 5.74) is 2.64. The predicted octanol–water partition coefficient (Wildman–Crippen LogP) is 3.41. The minimum atomic E-state index is 0.373. The minimum Gasteiger partial charge on any atom is -0.468 e. The van der Waals surface area contributed by atoms with E-state index in [1.54, 1.807) is 6.26 Å². The van der Waals surface area contributed by atoms with Crippen LogP contribution in [0.15, 0.2) is 29.0 Å². The molecule has 2 aromatic heterocycles. The number of hydrogen-bond acceptors (Lipinski definition) is 4. The summed E-state index contributed by atoms with van der Waals surface area (Å²) in [5.74, 6) is 3.07. The molecule has 5 rings (SSSR count). The van der Waals surface area contributed by atoms with Crippen LogP contribution in [0.1, 0.15) is 48.6 Å². The van der Waals surface area contributed by atoms with E-state index in [4.69, 9.17) is 14.3 Å². The molecule has 134 valence electrons. The lowest BCUT2D eigenvalue weighted by Crippen LogP contribution is -2.34. The third-order valence-electron chi connectivity index (χ3n) is 5.60. The van der Waals surface area contributed by atoms with Gasteiger partial charge < -0.3 is 9.15 Å². The maximum absolute atomic E-state index is 6.04. The van der Waals surface area contributed by atoms with Crippen molar-refractivity contribution in [2.24, 2.45) is 11.8 Å².